The molecule has 8 heteroatoms. The van der Waals surface area contributed by atoms with Gasteiger partial charge in [-0.25, -0.2) is 0 Å². The van der Waals surface area contributed by atoms with Crippen molar-refractivity contribution in [2.45, 2.75) is 83.7 Å². The van der Waals surface area contributed by atoms with Gasteiger partial charge in [0.1, 0.15) is 11.7 Å². The third-order valence-electron chi connectivity index (χ3n) is 7.59. The fraction of sp³-hybridized carbons (Fsp3) is 0.593. The normalized spacial score (nSPS) is 20.4. The van der Waals surface area contributed by atoms with Crippen LogP contribution in [-0.2, 0) is 20.8 Å². The van der Waals surface area contributed by atoms with Crippen LogP contribution in [0.5, 0.6) is 0 Å². The molecule has 1 aromatic carbocycles. The van der Waals surface area contributed by atoms with Crippen LogP contribution in [0.2, 0.25) is 0 Å². The minimum atomic E-state index is -0.546. The molecule has 0 unspecified atom stereocenters. The molecule has 2 heterocycles. The largest absolute Gasteiger partial charge is 0.344 e. The van der Waals surface area contributed by atoms with E-state index in [4.69, 9.17) is 0 Å². The van der Waals surface area contributed by atoms with Crippen LogP contribution in [0.3, 0.4) is 0 Å². The molecule has 7 nitrogen and oxygen atoms in total. The van der Waals surface area contributed by atoms with Gasteiger partial charge in [0.2, 0.25) is 11.8 Å². The minimum Gasteiger partial charge on any atom is -0.344 e. The van der Waals surface area contributed by atoms with Gasteiger partial charge < -0.3 is 10.2 Å². The first-order valence-corrected chi connectivity index (χ1v) is 13.8. The van der Waals surface area contributed by atoms with E-state index in [9.17, 15) is 14.4 Å². The molecule has 1 N–H and O–H groups in total. The molecule has 35 heavy (non-hydrogen) atoms. The second-order valence-electron chi connectivity index (χ2n) is 9.94. The lowest BCUT2D eigenvalue weighted by atomic mass is 9.83. The first kappa shape index (κ1) is 25.5. The van der Waals surface area contributed by atoms with Gasteiger partial charge in [-0.1, -0.05) is 67.9 Å². The highest BCUT2D eigenvalue weighted by molar-refractivity contribution is 7.06. The van der Waals surface area contributed by atoms with Gasteiger partial charge in [0.15, 0.2) is 5.78 Å². The molecule has 2 aliphatic rings. The smallest absolute Gasteiger partial charge is 0.246 e. The Morgan fingerprint density at radius 3 is 2.54 bits per heavy atom. The van der Waals surface area contributed by atoms with E-state index in [0.29, 0.717) is 13.0 Å². The van der Waals surface area contributed by atoms with Crippen LogP contribution in [0.1, 0.15) is 70.1 Å². The van der Waals surface area contributed by atoms with Crippen LogP contribution in [0.15, 0.2) is 30.3 Å². The number of hydrogen-bond acceptors (Lipinski definition) is 6. The number of carbonyl (C=O) groups excluding carboxylic acids is 3. The maximum absolute atomic E-state index is 13.8. The van der Waals surface area contributed by atoms with Crippen molar-refractivity contribution in [3.05, 3.63) is 35.2 Å². The van der Waals surface area contributed by atoms with Crippen LogP contribution < -0.4 is 5.32 Å². The molecular formula is C27H36N4O3S. The standard InChI is InChI=1S/C27H36N4O3S/c1-3-18(2)26(33)28-25(20-13-8-5-9-14-20)27(34)31-16-10-15-21(31)22(32)17-23-24(29-30-35-23)19-11-6-4-7-12-19/h4,6-7,11-12,18,20-21,25H,3,5,8-10,13-17H2,1-2H3,(H,28,33)/t18-,21-,25-/m0/s1. The maximum Gasteiger partial charge on any atom is 0.246 e. The molecule has 1 saturated heterocycles. The lowest BCUT2D eigenvalue weighted by Crippen LogP contribution is -2.55. The molecule has 2 aromatic rings. The number of nitrogens with one attached hydrogen (secondary N) is 1. The van der Waals surface area contributed by atoms with Crippen molar-refractivity contribution < 1.29 is 14.4 Å². The molecule has 1 aromatic heterocycles. The Kier molecular flexibility index (Phi) is 8.65. The van der Waals surface area contributed by atoms with E-state index < -0.39 is 12.1 Å². The number of carbonyl (C=O) groups is 3. The van der Waals surface area contributed by atoms with Crippen LogP contribution in [0.25, 0.3) is 11.3 Å². The van der Waals surface area contributed by atoms with Crippen molar-refractivity contribution in [1.82, 2.24) is 19.8 Å². The highest BCUT2D eigenvalue weighted by Crippen LogP contribution is 2.31. The number of rotatable bonds is 9. The molecule has 2 fully saturated rings. The second-order valence-corrected chi connectivity index (χ2v) is 10.8. The molecule has 1 saturated carbocycles. The van der Waals surface area contributed by atoms with Gasteiger partial charge in [-0.2, -0.15) is 0 Å². The predicted octanol–water partition coefficient (Wildman–Crippen LogP) is 4.42. The number of hydrogen-bond donors (Lipinski definition) is 1. The van der Waals surface area contributed by atoms with Crippen LogP contribution in [-0.4, -0.2) is 50.7 Å². The van der Waals surface area contributed by atoms with Gasteiger partial charge in [0.05, 0.1) is 10.9 Å². The first-order valence-electron chi connectivity index (χ1n) is 13.0. The zero-order chi connectivity index (χ0) is 24.8. The van der Waals surface area contributed by atoms with Crippen molar-refractivity contribution in [1.29, 1.82) is 0 Å². The first-order chi connectivity index (χ1) is 17.0. The van der Waals surface area contributed by atoms with Crippen molar-refractivity contribution in [3.63, 3.8) is 0 Å². The fourth-order valence-electron chi connectivity index (χ4n) is 5.29. The van der Waals surface area contributed by atoms with Crippen molar-refractivity contribution >= 4 is 29.1 Å². The van der Waals surface area contributed by atoms with Gasteiger partial charge in [0.25, 0.3) is 0 Å². The Morgan fingerprint density at radius 1 is 1.09 bits per heavy atom. The quantitative estimate of drug-likeness (QED) is 0.555. The van der Waals surface area contributed by atoms with Gasteiger partial charge in [-0.05, 0) is 49.6 Å². The second kappa shape index (κ2) is 11.9. The van der Waals surface area contributed by atoms with Gasteiger partial charge in [-0.15, -0.1) is 5.10 Å². The fourth-order valence-corrected chi connectivity index (χ4v) is 5.96. The summed E-state index contributed by atoms with van der Waals surface area (Å²) in [7, 11) is 0. The van der Waals surface area contributed by atoms with E-state index in [1.54, 1.807) is 4.90 Å². The number of likely N-dealkylation sites (tertiary alicyclic amines) is 1. The summed E-state index contributed by atoms with van der Waals surface area (Å²) in [6, 6.07) is 8.75. The Bertz CT molecular complexity index is 1020. The SMILES string of the molecule is CC[C@H](C)C(=O)N[C@H](C(=O)N1CCC[C@H]1C(=O)Cc1snnc1-c1ccccc1)C1CCCCC1. The van der Waals surface area contributed by atoms with Gasteiger partial charge in [0, 0.05) is 24.4 Å². The summed E-state index contributed by atoms with van der Waals surface area (Å²) in [4.78, 5) is 42.6. The summed E-state index contributed by atoms with van der Waals surface area (Å²) in [5, 5.41) is 7.35. The zero-order valence-electron chi connectivity index (χ0n) is 20.7. The summed E-state index contributed by atoms with van der Waals surface area (Å²) in [5.74, 6) is -0.136. The van der Waals surface area contributed by atoms with E-state index in [1.807, 2.05) is 44.2 Å². The summed E-state index contributed by atoms with van der Waals surface area (Å²) >= 11 is 1.24. The van der Waals surface area contributed by atoms with Crippen molar-refractivity contribution in [2.24, 2.45) is 11.8 Å². The van der Waals surface area contributed by atoms with E-state index in [1.165, 1.54) is 18.0 Å². The average molecular weight is 497 g/mol. The summed E-state index contributed by atoms with van der Waals surface area (Å²) in [6.07, 6.45) is 7.62. The molecular weight excluding hydrogens is 460 g/mol. The van der Waals surface area contributed by atoms with E-state index in [-0.39, 0.29) is 35.9 Å². The predicted molar refractivity (Wildman–Crippen MR) is 137 cm³/mol. The van der Waals surface area contributed by atoms with Crippen molar-refractivity contribution in [2.75, 3.05) is 6.54 Å². The molecule has 1 aliphatic heterocycles. The molecule has 0 bridgehead atoms. The number of nitrogens with zero attached hydrogens (tertiary/aromatic N) is 3. The molecule has 188 valence electrons. The third kappa shape index (κ3) is 5.97. The Morgan fingerprint density at radius 2 is 1.83 bits per heavy atom. The summed E-state index contributed by atoms with van der Waals surface area (Å²) in [5.41, 5.74) is 1.68. The molecule has 1 aliphatic carbocycles. The topological polar surface area (TPSA) is 92.3 Å². The van der Waals surface area contributed by atoms with E-state index in [2.05, 4.69) is 14.9 Å². The summed E-state index contributed by atoms with van der Waals surface area (Å²) < 4.78 is 4.09. The molecule has 3 atom stereocenters. The maximum atomic E-state index is 13.8. The number of amides is 2. The van der Waals surface area contributed by atoms with Gasteiger partial charge in [-0.3, -0.25) is 14.4 Å². The highest BCUT2D eigenvalue weighted by atomic mass is 32.1. The average Bonchev–Trinajstić information content (AvgIpc) is 3.57. The van der Waals surface area contributed by atoms with E-state index in [0.717, 1.165) is 54.7 Å². The monoisotopic (exact) mass is 496 g/mol. The third-order valence-corrected chi connectivity index (χ3v) is 8.31. The number of benzene rings is 1. The Labute approximate surface area is 211 Å². The Balaban J connectivity index is 1.50. The molecule has 2 amide bonds. The number of ketones is 1. The van der Waals surface area contributed by atoms with Crippen LogP contribution in [0, 0.1) is 11.8 Å². The number of aromatic nitrogens is 2. The van der Waals surface area contributed by atoms with Crippen LogP contribution >= 0.6 is 11.5 Å². The minimum absolute atomic E-state index is 0.0229. The molecule has 4 rings (SSSR count). The zero-order valence-corrected chi connectivity index (χ0v) is 21.6. The summed E-state index contributed by atoms with van der Waals surface area (Å²) in [6.45, 7) is 4.44. The lowest BCUT2D eigenvalue weighted by molar-refractivity contribution is -0.142. The van der Waals surface area contributed by atoms with E-state index >= 15 is 0 Å². The van der Waals surface area contributed by atoms with Gasteiger partial charge >= 0.3 is 0 Å². The Hall–Kier alpha value is -2.61. The molecule has 0 spiro atoms. The number of Topliss-reactive ketones (excluding diaryl/α,β-unsaturated/α-hetero) is 1. The molecule has 0 radical (unpaired) electrons. The highest BCUT2D eigenvalue weighted by Gasteiger charge is 2.41. The lowest BCUT2D eigenvalue weighted by Gasteiger charge is -2.35. The van der Waals surface area contributed by atoms with Crippen molar-refractivity contribution in [3.8, 4) is 11.3 Å². The van der Waals surface area contributed by atoms with Crippen LogP contribution in [0.4, 0.5) is 0 Å².